The van der Waals surface area contributed by atoms with Crippen molar-refractivity contribution >= 4 is 11.9 Å². The highest BCUT2D eigenvalue weighted by molar-refractivity contribution is 5.68. The fraction of sp³-hybridized carbons (Fsp3) is 0.800. The van der Waals surface area contributed by atoms with Gasteiger partial charge in [0.1, 0.15) is 0 Å². The van der Waals surface area contributed by atoms with E-state index in [4.69, 9.17) is 5.11 Å². The van der Waals surface area contributed by atoms with Gasteiger partial charge >= 0.3 is 11.9 Å². The van der Waals surface area contributed by atoms with Gasteiger partial charge in [-0.05, 0) is 49.9 Å². The molecule has 0 saturated heterocycles. The van der Waals surface area contributed by atoms with Gasteiger partial charge in [-0.25, -0.2) is 4.68 Å². The molecule has 3 rings (SSSR count). The molecule has 0 amide bonds. The topological polar surface area (TPSA) is 105 Å². The lowest BCUT2D eigenvalue weighted by atomic mass is 9.67. The molecule has 1 aromatic rings. The van der Waals surface area contributed by atoms with Crippen LogP contribution in [0.1, 0.15) is 101 Å². The number of carbonyl (C=O) groups is 2. The quantitative estimate of drug-likeness (QED) is 0.675. The minimum Gasteiger partial charge on any atom is -0.481 e. The van der Waals surface area contributed by atoms with Crippen molar-refractivity contribution in [2.24, 2.45) is 11.3 Å². The maximum Gasteiger partial charge on any atom is 0.305 e. The molecule has 2 saturated carbocycles. The van der Waals surface area contributed by atoms with Crippen LogP contribution >= 0.6 is 0 Å². The molecule has 1 atom stereocenters. The number of aromatic nitrogens is 3. The van der Waals surface area contributed by atoms with Crippen molar-refractivity contribution in [2.45, 2.75) is 90.0 Å². The van der Waals surface area contributed by atoms with Crippen molar-refractivity contribution in [1.29, 1.82) is 0 Å². The Hall–Kier alpha value is -1.92. The van der Waals surface area contributed by atoms with E-state index in [0.29, 0.717) is 23.2 Å². The highest BCUT2D eigenvalue weighted by Crippen LogP contribution is 2.51. The number of carboxylic acids is 2. The zero-order valence-electron chi connectivity index (χ0n) is 16.5. The smallest absolute Gasteiger partial charge is 0.305 e. The number of hydrogen-bond acceptors (Lipinski definition) is 4. The number of hydrogen-bond donors (Lipinski definition) is 2. The molecule has 2 fully saturated rings. The Morgan fingerprint density at radius 1 is 1.15 bits per heavy atom. The predicted molar refractivity (Wildman–Crippen MR) is 99.7 cm³/mol. The molecule has 7 heteroatoms. The minimum absolute atomic E-state index is 0.0612. The normalized spacial score (nSPS) is 23.7. The van der Waals surface area contributed by atoms with Crippen LogP contribution < -0.4 is 0 Å². The Labute approximate surface area is 160 Å². The van der Waals surface area contributed by atoms with E-state index < -0.39 is 18.0 Å². The molecule has 0 aromatic carbocycles. The molecule has 0 radical (unpaired) electrons. The summed E-state index contributed by atoms with van der Waals surface area (Å²) in [5.41, 5.74) is 2.44. The highest BCUT2D eigenvalue weighted by Gasteiger charge is 2.41. The maximum absolute atomic E-state index is 11.3. The fourth-order valence-corrected chi connectivity index (χ4v) is 4.42. The van der Waals surface area contributed by atoms with E-state index in [1.54, 1.807) is 4.68 Å². The molecule has 1 aromatic heterocycles. The van der Waals surface area contributed by atoms with Crippen LogP contribution in [0.4, 0.5) is 0 Å². The SMILES string of the molecule is CC(C)(C)CC1CC(c2nnn(C(CCC(=O)O)CC(=O)O)c2C2CC2)C1. The van der Waals surface area contributed by atoms with E-state index in [1.165, 1.54) is 6.42 Å². The molecule has 0 spiro atoms. The van der Waals surface area contributed by atoms with Gasteiger partial charge in [-0.15, -0.1) is 5.10 Å². The Morgan fingerprint density at radius 3 is 2.33 bits per heavy atom. The second-order valence-electron chi connectivity index (χ2n) is 9.56. The minimum atomic E-state index is -0.932. The van der Waals surface area contributed by atoms with Crippen molar-refractivity contribution in [3.05, 3.63) is 11.4 Å². The molecule has 1 unspecified atom stereocenters. The number of rotatable bonds is 9. The van der Waals surface area contributed by atoms with Crippen molar-refractivity contribution in [3.8, 4) is 0 Å². The van der Waals surface area contributed by atoms with E-state index in [1.807, 2.05) is 0 Å². The molecular formula is C20H31N3O4. The van der Waals surface area contributed by atoms with Crippen LogP contribution in [0.3, 0.4) is 0 Å². The van der Waals surface area contributed by atoms with Gasteiger partial charge in [0, 0.05) is 18.3 Å². The number of aliphatic carboxylic acids is 2. The molecule has 2 aliphatic rings. The van der Waals surface area contributed by atoms with Gasteiger partial charge in [0.2, 0.25) is 0 Å². The highest BCUT2D eigenvalue weighted by atomic mass is 16.4. The van der Waals surface area contributed by atoms with Gasteiger partial charge < -0.3 is 10.2 Å². The summed E-state index contributed by atoms with van der Waals surface area (Å²) in [6.45, 7) is 6.81. The van der Waals surface area contributed by atoms with Crippen molar-refractivity contribution < 1.29 is 19.8 Å². The molecule has 2 aliphatic carbocycles. The summed E-state index contributed by atoms with van der Waals surface area (Å²) in [6, 6.07) is -0.444. The van der Waals surface area contributed by atoms with Crippen LogP contribution in [-0.4, -0.2) is 37.1 Å². The Morgan fingerprint density at radius 2 is 1.81 bits per heavy atom. The molecule has 0 aliphatic heterocycles. The van der Waals surface area contributed by atoms with E-state index in [9.17, 15) is 14.7 Å². The average Bonchev–Trinajstić information content (AvgIpc) is 3.25. The summed E-state index contributed by atoms with van der Waals surface area (Å²) in [5, 5.41) is 27.0. The summed E-state index contributed by atoms with van der Waals surface area (Å²) in [5.74, 6) is -0.320. The lowest BCUT2D eigenvalue weighted by Crippen LogP contribution is -2.27. The van der Waals surface area contributed by atoms with Gasteiger partial charge in [0.25, 0.3) is 0 Å². The van der Waals surface area contributed by atoms with Crippen LogP contribution in [0.2, 0.25) is 0 Å². The predicted octanol–water partition coefficient (Wildman–Crippen LogP) is 3.97. The first-order chi connectivity index (χ1) is 12.6. The Bertz CT molecular complexity index is 697. The van der Waals surface area contributed by atoms with E-state index in [0.717, 1.165) is 37.1 Å². The van der Waals surface area contributed by atoms with E-state index in [2.05, 4.69) is 31.1 Å². The molecule has 1 heterocycles. The lowest BCUT2D eigenvalue weighted by molar-refractivity contribution is -0.140. The van der Waals surface area contributed by atoms with Gasteiger partial charge in [-0.3, -0.25) is 9.59 Å². The van der Waals surface area contributed by atoms with E-state index in [-0.39, 0.29) is 19.3 Å². The van der Waals surface area contributed by atoms with Crippen LogP contribution in [0, 0.1) is 11.3 Å². The monoisotopic (exact) mass is 377 g/mol. The van der Waals surface area contributed by atoms with Gasteiger partial charge in [-0.1, -0.05) is 26.0 Å². The van der Waals surface area contributed by atoms with Crippen molar-refractivity contribution in [1.82, 2.24) is 15.0 Å². The second kappa shape index (κ2) is 7.60. The van der Waals surface area contributed by atoms with Crippen LogP contribution in [0.15, 0.2) is 0 Å². The first kappa shape index (κ1) is 19.8. The standard InChI is InChI=1S/C20H31N3O4/c1-20(2,3)11-12-8-14(9-12)18-19(13-4-5-13)23(22-21-18)15(10-17(26)27)6-7-16(24)25/h12-15H,4-11H2,1-3H3,(H,24,25)(H,26,27). The second-order valence-corrected chi connectivity index (χ2v) is 9.56. The molecule has 2 N–H and O–H groups in total. The van der Waals surface area contributed by atoms with Crippen LogP contribution in [-0.2, 0) is 9.59 Å². The summed E-state index contributed by atoms with van der Waals surface area (Å²) in [7, 11) is 0. The summed E-state index contributed by atoms with van der Waals surface area (Å²) >= 11 is 0. The Kier molecular flexibility index (Phi) is 5.58. The first-order valence-electron chi connectivity index (χ1n) is 10.0. The van der Waals surface area contributed by atoms with Crippen LogP contribution in [0.5, 0.6) is 0 Å². The third-order valence-electron chi connectivity index (χ3n) is 5.69. The molecule has 7 nitrogen and oxygen atoms in total. The van der Waals surface area contributed by atoms with Gasteiger partial charge in [0.15, 0.2) is 0 Å². The number of nitrogens with zero attached hydrogens (tertiary/aromatic N) is 3. The third kappa shape index (κ3) is 5.08. The summed E-state index contributed by atoms with van der Waals surface area (Å²) in [6.07, 6.45) is 5.69. The first-order valence-corrected chi connectivity index (χ1v) is 10.0. The summed E-state index contributed by atoms with van der Waals surface area (Å²) in [4.78, 5) is 22.3. The van der Waals surface area contributed by atoms with E-state index >= 15 is 0 Å². The number of carboxylic acid groups (broad SMARTS) is 2. The third-order valence-corrected chi connectivity index (χ3v) is 5.69. The summed E-state index contributed by atoms with van der Waals surface area (Å²) < 4.78 is 1.75. The maximum atomic E-state index is 11.3. The van der Waals surface area contributed by atoms with Crippen LogP contribution in [0.25, 0.3) is 0 Å². The molecular weight excluding hydrogens is 346 g/mol. The Balaban J connectivity index is 1.76. The molecule has 0 bridgehead atoms. The van der Waals surface area contributed by atoms with Crippen molar-refractivity contribution in [3.63, 3.8) is 0 Å². The zero-order valence-corrected chi connectivity index (χ0v) is 16.5. The van der Waals surface area contributed by atoms with Crippen molar-refractivity contribution in [2.75, 3.05) is 0 Å². The zero-order chi connectivity index (χ0) is 19.8. The van der Waals surface area contributed by atoms with Gasteiger partial charge in [-0.2, -0.15) is 0 Å². The molecule has 150 valence electrons. The molecule has 27 heavy (non-hydrogen) atoms. The van der Waals surface area contributed by atoms with Gasteiger partial charge in [0.05, 0.1) is 23.9 Å². The fourth-order valence-electron chi connectivity index (χ4n) is 4.42. The average molecular weight is 377 g/mol. The largest absolute Gasteiger partial charge is 0.481 e. The lowest BCUT2D eigenvalue weighted by Gasteiger charge is -2.38.